The maximum atomic E-state index is 11.6. The Balaban J connectivity index is 1.86. The maximum Gasteiger partial charge on any atom is 0.344 e. The summed E-state index contributed by atoms with van der Waals surface area (Å²) in [6, 6.07) is 7.87. The topological polar surface area (TPSA) is 71.7 Å². The van der Waals surface area contributed by atoms with E-state index in [1.165, 1.54) is 4.88 Å². The van der Waals surface area contributed by atoms with Gasteiger partial charge in [-0.2, -0.15) is 5.26 Å². The van der Waals surface area contributed by atoms with Gasteiger partial charge < -0.3 is 9.47 Å². The number of fused-ring (bicyclic) bond motifs is 1. The molecule has 0 fully saturated rings. The smallest absolute Gasteiger partial charge is 0.344 e. The predicted molar refractivity (Wildman–Crippen MR) is 128 cm³/mol. The lowest BCUT2D eigenvalue weighted by atomic mass is 9.72. The van der Waals surface area contributed by atoms with E-state index >= 15 is 0 Å². The number of hydrogen-bond donors (Lipinski definition) is 0. The van der Waals surface area contributed by atoms with Crippen molar-refractivity contribution in [2.45, 2.75) is 47.0 Å². The number of rotatable bonds is 6. The number of nitrogens with zero attached hydrogens (tertiary/aromatic N) is 2. The highest BCUT2D eigenvalue weighted by Crippen LogP contribution is 2.45. The zero-order valence-corrected chi connectivity index (χ0v) is 20.7. The Morgan fingerprint density at radius 3 is 2.87 bits per heavy atom. The molecule has 0 aliphatic heterocycles. The van der Waals surface area contributed by atoms with Crippen molar-refractivity contribution < 1.29 is 14.3 Å². The number of nitriles is 1. The molecule has 0 amide bonds. The highest BCUT2D eigenvalue weighted by molar-refractivity contribution is 9.10. The first-order valence-corrected chi connectivity index (χ1v) is 12.0. The minimum absolute atomic E-state index is 0.165. The van der Waals surface area contributed by atoms with E-state index in [0.29, 0.717) is 23.8 Å². The quantitative estimate of drug-likeness (QED) is 0.346. The van der Waals surface area contributed by atoms with Crippen molar-refractivity contribution in [2.75, 3.05) is 13.2 Å². The average Bonchev–Trinajstić information content (AvgIpc) is 3.07. The van der Waals surface area contributed by atoms with Crippen molar-refractivity contribution in [3.63, 3.8) is 0 Å². The Kier molecular flexibility index (Phi) is 7.55. The normalized spacial score (nSPS) is 16.1. The van der Waals surface area contributed by atoms with Crippen LogP contribution in [0, 0.1) is 22.7 Å². The van der Waals surface area contributed by atoms with Gasteiger partial charge in [0.05, 0.1) is 12.2 Å². The molecule has 164 valence electrons. The van der Waals surface area contributed by atoms with Gasteiger partial charge in [0.2, 0.25) is 0 Å². The summed E-state index contributed by atoms with van der Waals surface area (Å²) in [4.78, 5) is 17.6. The Morgan fingerprint density at radius 1 is 1.42 bits per heavy atom. The molecule has 5 nitrogen and oxygen atoms in total. The van der Waals surface area contributed by atoms with Crippen molar-refractivity contribution in [1.82, 2.24) is 0 Å². The van der Waals surface area contributed by atoms with Crippen LogP contribution in [0.25, 0.3) is 0 Å². The lowest BCUT2D eigenvalue weighted by molar-refractivity contribution is -0.145. The highest BCUT2D eigenvalue weighted by Gasteiger charge is 2.32. The van der Waals surface area contributed by atoms with Crippen LogP contribution in [-0.4, -0.2) is 25.4 Å². The minimum atomic E-state index is -0.417. The van der Waals surface area contributed by atoms with Crippen LogP contribution in [0.3, 0.4) is 0 Å². The molecule has 1 atom stereocenters. The number of thiophene rings is 1. The number of carbonyl (C=O) groups excluding carboxylic acids is 1. The fourth-order valence-corrected chi connectivity index (χ4v) is 5.34. The largest absolute Gasteiger partial charge is 0.481 e. The van der Waals surface area contributed by atoms with Crippen molar-refractivity contribution in [3.8, 4) is 11.8 Å². The molecule has 1 aliphatic carbocycles. The monoisotopic (exact) mass is 502 g/mol. The molecule has 0 radical (unpaired) electrons. The molecule has 7 heteroatoms. The van der Waals surface area contributed by atoms with Crippen molar-refractivity contribution in [2.24, 2.45) is 16.3 Å². The van der Waals surface area contributed by atoms with Gasteiger partial charge in [-0.25, -0.2) is 9.79 Å². The van der Waals surface area contributed by atoms with Crippen molar-refractivity contribution in [1.29, 1.82) is 5.26 Å². The van der Waals surface area contributed by atoms with E-state index in [1.54, 1.807) is 30.5 Å². The van der Waals surface area contributed by atoms with E-state index in [2.05, 4.69) is 47.8 Å². The van der Waals surface area contributed by atoms with Gasteiger partial charge in [-0.15, -0.1) is 11.3 Å². The molecular weight excluding hydrogens is 476 g/mol. The van der Waals surface area contributed by atoms with Gasteiger partial charge in [-0.3, -0.25) is 0 Å². The molecule has 0 spiro atoms. The summed E-state index contributed by atoms with van der Waals surface area (Å²) in [5, 5.41) is 10.5. The van der Waals surface area contributed by atoms with Crippen LogP contribution in [-0.2, 0) is 22.4 Å². The second kappa shape index (κ2) is 9.97. The Labute approximate surface area is 196 Å². The summed E-state index contributed by atoms with van der Waals surface area (Å²) in [6.45, 7) is 8.75. The lowest BCUT2D eigenvalue weighted by Crippen LogP contribution is -2.26. The predicted octanol–water partition coefficient (Wildman–Crippen LogP) is 6.23. The SMILES string of the molecule is CCOC(=O)COc1ccc(Br)cc1C=Nc1sc2c(c1C#N)CC[C@@H](C(C)(C)C)C2. The van der Waals surface area contributed by atoms with Crippen LogP contribution in [0.5, 0.6) is 5.75 Å². The second-order valence-electron chi connectivity index (χ2n) is 8.64. The van der Waals surface area contributed by atoms with Gasteiger partial charge in [-0.05, 0) is 61.3 Å². The van der Waals surface area contributed by atoms with Gasteiger partial charge in [0.15, 0.2) is 6.61 Å². The molecule has 1 heterocycles. The first kappa shape index (κ1) is 23.5. The van der Waals surface area contributed by atoms with Crippen molar-refractivity contribution >= 4 is 44.5 Å². The number of halogens is 1. The molecule has 1 aromatic heterocycles. The molecule has 3 rings (SSSR count). The molecule has 0 N–H and O–H groups in total. The zero-order chi connectivity index (χ0) is 22.6. The average molecular weight is 503 g/mol. The third-order valence-corrected chi connectivity index (χ3v) is 7.18. The van der Waals surface area contributed by atoms with Crippen LogP contribution in [0.1, 0.15) is 55.7 Å². The third kappa shape index (κ3) is 5.75. The zero-order valence-electron chi connectivity index (χ0n) is 18.3. The fourth-order valence-electron chi connectivity index (χ4n) is 3.74. The summed E-state index contributed by atoms with van der Waals surface area (Å²) in [5.41, 5.74) is 2.82. The lowest BCUT2D eigenvalue weighted by Gasteiger charge is -2.33. The number of aliphatic imine (C=N–C) groups is 1. The summed E-state index contributed by atoms with van der Waals surface area (Å²) in [6.07, 6.45) is 4.72. The van der Waals surface area contributed by atoms with Gasteiger partial charge in [0.25, 0.3) is 0 Å². The van der Waals surface area contributed by atoms with Gasteiger partial charge in [0.1, 0.15) is 16.8 Å². The number of benzene rings is 1. The first-order valence-electron chi connectivity index (χ1n) is 10.4. The fraction of sp³-hybridized carbons (Fsp3) is 0.458. The second-order valence-corrected chi connectivity index (χ2v) is 10.6. The molecule has 1 aliphatic rings. The molecule has 0 bridgehead atoms. The molecule has 0 unspecified atom stereocenters. The summed E-state index contributed by atoms with van der Waals surface area (Å²) in [7, 11) is 0. The van der Waals surface area contributed by atoms with E-state index in [9.17, 15) is 10.1 Å². The van der Waals surface area contributed by atoms with Gasteiger partial charge in [0, 0.05) is 21.1 Å². The summed E-state index contributed by atoms with van der Waals surface area (Å²) in [5.74, 6) is 0.724. The molecular formula is C24H27BrN2O3S. The van der Waals surface area contributed by atoms with Crippen LogP contribution < -0.4 is 4.74 Å². The maximum absolute atomic E-state index is 11.6. The van der Waals surface area contributed by atoms with Crippen molar-refractivity contribution in [3.05, 3.63) is 44.2 Å². The Morgan fingerprint density at radius 2 is 2.19 bits per heavy atom. The molecule has 0 saturated heterocycles. The van der Waals surface area contributed by atoms with E-state index in [0.717, 1.165) is 39.9 Å². The van der Waals surface area contributed by atoms with Gasteiger partial charge >= 0.3 is 5.97 Å². The molecule has 1 aromatic carbocycles. The molecule has 2 aromatic rings. The van der Waals surface area contributed by atoms with Crippen LogP contribution in [0.15, 0.2) is 27.7 Å². The highest BCUT2D eigenvalue weighted by atomic mass is 79.9. The summed E-state index contributed by atoms with van der Waals surface area (Å²) >= 11 is 5.08. The number of ether oxygens (including phenoxy) is 2. The number of hydrogen-bond acceptors (Lipinski definition) is 6. The standard InChI is InChI=1S/C24H27BrN2O3S/c1-5-29-22(28)14-30-20-9-7-17(25)10-15(20)13-27-23-19(12-26)18-8-6-16(24(2,3)4)11-21(18)31-23/h7,9-10,13,16H,5-6,8,11,14H2,1-4H3/t16-/m1/s1. The van der Waals surface area contributed by atoms with Crippen LogP contribution in [0.2, 0.25) is 0 Å². The molecule has 0 saturated carbocycles. The van der Waals surface area contributed by atoms with E-state index in [1.807, 2.05) is 12.1 Å². The third-order valence-electron chi connectivity index (χ3n) is 5.53. The number of esters is 1. The Bertz CT molecular complexity index is 1030. The first-order chi connectivity index (χ1) is 14.7. The van der Waals surface area contributed by atoms with E-state index < -0.39 is 5.97 Å². The summed E-state index contributed by atoms with van der Waals surface area (Å²) < 4.78 is 11.4. The van der Waals surface area contributed by atoms with E-state index in [-0.39, 0.29) is 12.0 Å². The van der Waals surface area contributed by atoms with Gasteiger partial charge in [-0.1, -0.05) is 36.7 Å². The minimum Gasteiger partial charge on any atom is -0.481 e. The van der Waals surface area contributed by atoms with Crippen LogP contribution in [0.4, 0.5) is 5.00 Å². The van der Waals surface area contributed by atoms with Crippen LogP contribution >= 0.6 is 27.3 Å². The van der Waals surface area contributed by atoms with E-state index in [4.69, 9.17) is 9.47 Å². The number of carbonyl (C=O) groups is 1. The molecule has 31 heavy (non-hydrogen) atoms. The Hall–Kier alpha value is -2.17.